The Balaban J connectivity index is 1.95. The molecule has 0 unspecified atom stereocenters. The van der Waals surface area contributed by atoms with Crippen molar-refractivity contribution in [3.8, 4) is 5.75 Å². The topological polar surface area (TPSA) is 73.1 Å². The Morgan fingerprint density at radius 3 is 2.62 bits per heavy atom. The van der Waals surface area contributed by atoms with Gasteiger partial charge in [0.1, 0.15) is 11.8 Å². The first-order chi connectivity index (χ1) is 17.6. The van der Waals surface area contributed by atoms with Crippen molar-refractivity contribution in [1.29, 1.82) is 0 Å². The molecular formula is C28H30BrN3O4S. The van der Waals surface area contributed by atoms with Gasteiger partial charge in [0.25, 0.3) is 5.56 Å². The molecule has 7 nitrogen and oxygen atoms in total. The number of anilines is 1. The standard InChI is InChI=1S/C28H30BrN3O4S/c1-7-35-27(34)24-17(4)30-28-32(25(24)19-10-8-9-11-22(19)36-16(2)3)26(33)23(37-28)15-18-12-13-21(31(5)6)20(29)14-18/h8-16,25H,7H2,1-6H3/b23-15+/t25-/m1/s1. The van der Waals surface area contributed by atoms with Crippen LogP contribution in [-0.4, -0.2) is 37.3 Å². The van der Waals surface area contributed by atoms with Crippen LogP contribution in [0.25, 0.3) is 6.08 Å². The maximum atomic E-state index is 13.9. The highest BCUT2D eigenvalue weighted by Crippen LogP contribution is 2.36. The number of hydrogen-bond donors (Lipinski definition) is 0. The fourth-order valence-electron chi connectivity index (χ4n) is 4.28. The van der Waals surface area contributed by atoms with Crippen molar-refractivity contribution < 1.29 is 14.3 Å². The van der Waals surface area contributed by atoms with Gasteiger partial charge in [-0.3, -0.25) is 9.36 Å². The van der Waals surface area contributed by atoms with Gasteiger partial charge in [0.2, 0.25) is 0 Å². The molecule has 0 radical (unpaired) electrons. The van der Waals surface area contributed by atoms with Gasteiger partial charge in [-0.05, 0) is 73.5 Å². The Morgan fingerprint density at radius 2 is 1.97 bits per heavy atom. The first-order valence-corrected chi connectivity index (χ1v) is 13.7. The Labute approximate surface area is 228 Å². The predicted octanol–water partition coefficient (Wildman–Crippen LogP) is 4.41. The third-order valence-corrected chi connectivity index (χ3v) is 7.46. The predicted molar refractivity (Wildman–Crippen MR) is 151 cm³/mol. The lowest BCUT2D eigenvalue weighted by atomic mass is 9.95. The molecule has 9 heteroatoms. The molecule has 0 saturated heterocycles. The zero-order chi connectivity index (χ0) is 26.9. The van der Waals surface area contributed by atoms with E-state index < -0.39 is 12.0 Å². The van der Waals surface area contributed by atoms with Crippen LogP contribution in [0.4, 0.5) is 5.69 Å². The molecule has 0 amide bonds. The number of allylic oxidation sites excluding steroid dienone is 1. The number of thiazole rings is 1. The summed E-state index contributed by atoms with van der Waals surface area (Å²) in [6.45, 7) is 7.63. The van der Waals surface area contributed by atoms with Gasteiger partial charge in [-0.25, -0.2) is 9.79 Å². The second-order valence-electron chi connectivity index (χ2n) is 9.11. The number of halogens is 1. The van der Waals surface area contributed by atoms with E-state index in [4.69, 9.17) is 9.47 Å². The van der Waals surface area contributed by atoms with E-state index in [2.05, 4.69) is 20.9 Å². The molecule has 1 atom stereocenters. The smallest absolute Gasteiger partial charge is 0.338 e. The maximum absolute atomic E-state index is 13.9. The number of esters is 1. The van der Waals surface area contributed by atoms with E-state index in [1.54, 1.807) is 18.4 Å². The van der Waals surface area contributed by atoms with Crippen LogP contribution in [0, 0.1) is 0 Å². The van der Waals surface area contributed by atoms with Crippen LogP contribution in [0.2, 0.25) is 0 Å². The Kier molecular flexibility index (Phi) is 8.04. The van der Waals surface area contributed by atoms with Gasteiger partial charge in [-0.2, -0.15) is 0 Å². The number of nitrogens with zero attached hydrogens (tertiary/aromatic N) is 3. The van der Waals surface area contributed by atoms with Gasteiger partial charge in [0, 0.05) is 24.1 Å². The van der Waals surface area contributed by atoms with E-state index in [1.807, 2.05) is 81.4 Å². The van der Waals surface area contributed by atoms with Crippen LogP contribution in [0.5, 0.6) is 5.75 Å². The highest BCUT2D eigenvalue weighted by Gasteiger charge is 2.35. The van der Waals surface area contributed by atoms with Crippen molar-refractivity contribution in [3.05, 3.63) is 89.0 Å². The second kappa shape index (κ2) is 11.1. The summed E-state index contributed by atoms with van der Waals surface area (Å²) in [5, 5.41) is 0. The van der Waals surface area contributed by atoms with Crippen LogP contribution in [0.1, 0.15) is 44.9 Å². The normalized spacial score (nSPS) is 15.5. The van der Waals surface area contributed by atoms with E-state index in [1.165, 1.54) is 11.3 Å². The fraction of sp³-hybridized carbons (Fsp3) is 0.321. The molecule has 0 fully saturated rings. The zero-order valence-electron chi connectivity index (χ0n) is 21.7. The van der Waals surface area contributed by atoms with E-state index in [-0.39, 0.29) is 18.3 Å². The summed E-state index contributed by atoms with van der Waals surface area (Å²) in [7, 11) is 3.95. The van der Waals surface area contributed by atoms with E-state index >= 15 is 0 Å². The summed E-state index contributed by atoms with van der Waals surface area (Å²) in [5.41, 5.74) is 3.25. The minimum atomic E-state index is -0.727. The van der Waals surface area contributed by atoms with Gasteiger partial charge in [0.05, 0.1) is 34.2 Å². The van der Waals surface area contributed by atoms with E-state index in [9.17, 15) is 9.59 Å². The number of carbonyl (C=O) groups is 1. The van der Waals surface area contributed by atoms with Crippen molar-refractivity contribution in [3.63, 3.8) is 0 Å². The molecule has 1 aliphatic rings. The van der Waals surface area contributed by atoms with Crippen molar-refractivity contribution >= 4 is 45.0 Å². The second-order valence-corrected chi connectivity index (χ2v) is 11.0. The summed E-state index contributed by atoms with van der Waals surface area (Å²) in [6.07, 6.45) is 1.77. The molecule has 0 aliphatic carbocycles. The minimum Gasteiger partial charge on any atom is -0.491 e. The Hall–Kier alpha value is -3.17. The van der Waals surface area contributed by atoms with Crippen molar-refractivity contribution in [2.75, 3.05) is 25.6 Å². The number of fused-ring (bicyclic) bond motifs is 1. The van der Waals surface area contributed by atoms with E-state index in [0.29, 0.717) is 31.9 Å². The van der Waals surface area contributed by atoms with Gasteiger partial charge in [-0.15, -0.1) is 0 Å². The number of para-hydroxylation sites is 1. The lowest BCUT2D eigenvalue weighted by molar-refractivity contribution is -0.139. The summed E-state index contributed by atoms with van der Waals surface area (Å²) in [4.78, 5) is 34.2. The molecule has 0 bridgehead atoms. The van der Waals surface area contributed by atoms with Gasteiger partial charge in [-0.1, -0.05) is 35.6 Å². The SMILES string of the molecule is CCOC(=O)C1=C(C)N=c2s/c(=C/c3ccc(N(C)C)c(Br)c3)c(=O)n2[C@@H]1c1ccccc1OC(C)C. The average molecular weight is 585 g/mol. The minimum absolute atomic E-state index is 0.0864. The molecule has 3 aromatic rings. The average Bonchev–Trinajstić information content (AvgIpc) is 3.12. The van der Waals surface area contributed by atoms with Crippen molar-refractivity contribution in [2.45, 2.75) is 39.8 Å². The Bertz CT molecular complexity index is 1550. The van der Waals surface area contributed by atoms with E-state index in [0.717, 1.165) is 15.7 Å². The third kappa shape index (κ3) is 5.43. The van der Waals surface area contributed by atoms with Crippen LogP contribution in [0.15, 0.2) is 68.0 Å². The van der Waals surface area contributed by atoms with Crippen molar-refractivity contribution in [2.24, 2.45) is 4.99 Å². The lowest BCUT2D eigenvalue weighted by Gasteiger charge is -2.26. The molecule has 1 aliphatic heterocycles. The van der Waals surface area contributed by atoms with Gasteiger partial charge >= 0.3 is 5.97 Å². The van der Waals surface area contributed by atoms with Crippen LogP contribution in [0.3, 0.4) is 0 Å². The summed E-state index contributed by atoms with van der Waals surface area (Å²) in [5.74, 6) is 0.113. The van der Waals surface area contributed by atoms with Crippen molar-refractivity contribution in [1.82, 2.24) is 4.57 Å². The highest BCUT2D eigenvalue weighted by molar-refractivity contribution is 9.10. The number of ether oxygens (including phenoxy) is 2. The number of carbonyl (C=O) groups excluding carboxylic acids is 1. The molecule has 1 aromatic heterocycles. The number of benzene rings is 2. The number of hydrogen-bond acceptors (Lipinski definition) is 7. The zero-order valence-corrected chi connectivity index (χ0v) is 24.1. The highest BCUT2D eigenvalue weighted by atomic mass is 79.9. The molecule has 37 heavy (non-hydrogen) atoms. The summed E-state index contributed by atoms with van der Waals surface area (Å²) in [6, 6.07) is 12.7. The number of rotatable bonds is 7. The molecule has 0 spiro atoms. The molecule has 0 saturated carbocycles. The monoisotopic (exact) mass is 583 g/mol. The summed E-state index contributed by atoms with van der Waals surface area (Å²) >= 11 is 4.92. The first kappa shape index (κ1) is 26.9. The van der Waals surface area contributed by atoms with Crippen LogP contribution < -0.4 is 24.5 Å². The fourth-order valence-corrected chi connectivity index (χ4v) is 6.08. The number of aromatic nitrogens is 1. The molecule has 2 heterocycles. The molecule has 194 valence electrons. The molecule has 2 aromatic carbocycles. The summed E-state index contributed by atoms with van der Waals surface area (Å²) < 4.78 is 14.5. The Morgan fingerprint density at radius 1 is 1.24 bits per heavy atom. The van der Waals surface area contributed by atoms with Gasteiger partial charge in [0.15, 0.2) is 4.80 Å². The third-order valence-electron chi connectivity index (χ3n) is 5.84. The van der Waals surface area contributed by atoms with Crippen LogP contribution >= 0.6 is 27.3 Å². The largest absolute Gasteiger partial charge is 0.491 e. The molecular weight excluding hydrogens is 554 g/mol. The van der Waals surface area contributed by atoms with Crippen LogP contribution in [-0.2, 0) is 9.53 Å². The van der Waals surface area contributed by atoms with Gasteiger partial charge < -0.3 is 14.4 Å². The quantitative estimate of drug-likeness (QED) is 0.385. The molecule has 4 rings (SSSR count). The maximum Gasteiger partial charge on any atom is 0.338 e. The lowest BCUT2D eigenvalue weighted by Crippen LogP contribution is -2.40. The first-order valence-electron chi connectivity index (χ1n) is 12.0. The molecule has 0 N–H and O–H groups in total.